The minimum atomic E-state index is -0.299. The summed E-state index contributed by atoms with van der Waals surface area (Å²) in [6, 6.07) is 0. The van der Waals surface area contributed by atoms with Crippen LogP contribution in [0.1, 0.15) is 46.5 Å². The zero-order valence-electron chi connectivity index (χ0n) is 9.13. The fourth-order valence-corrected chi connectivity index (χ4v) is 1.53. The topological polar surface area (TPSA) is 51.2 Å². The van der Waals surface area contributed by atoms with Crippen LogP contribution in [0, 0.1) is 5.92 Å². The smallest absolute Gasteiger partial charge is 0.198 e. The van der Waals surface area contributed by atoms with E-state index in [4.69, 9.17) is 0 Å². The lowest BCUT2D eigenvalue weighted by atomic mass is 9.84. The molecule has 1 fully saturated rings. The van der Waals surface area contributed by atoms with Crippen LogP contribution in [0.25, 0.3) is 0 Å². The maximum atomic E-state index is 10.9. The number of hydrogen-bond donors (Lipinski definition) is 0. The van der Waals surface area contributed by atoms with Crippen molar-refractivity contribution in [2.24, 2.45) is 5.92 Å². The van der Waals surface area contributed by atoms with Gasteiger partial charge in [0.15, 0.2) is 11.6 Å². The van der Waals surface area contributed by atoms with Gasteiger partial charge in [-0.15, -0.1) is 0 Å². The van der Waals surface area contributed by atoms with Crippen molar-refractivity contribution in [1.29, 1.82) is 0 Å². The molecule has 0 radical (unpaired) electrons. The molecule has 0 aromatic rings. The van der Waals surface area contributed by atoms with Gasteiger partial charge in [-0.05, 0) is 19.3 Å². The third-order valence-electron chi connectivity index (χ3n) is 2.14. The Morgan fingerprint density at radius 1 is 1.29 bits per heavy atom. The first-order valence-corrected chi connectivity index (χ1v) is 5.15. The van der Waals surface area contributed by atoms with E-state index in [9.17, 15) is 14.4 Å². The first kappa shape index (κ1) is 13.0. The minimum Gasteiger partial charge on any atom is -0.300 e. The van der Waals surface area contributed by atoms with Gasteiger partial charge in [0, 0.05) is 19.3 Å². The van der Waals surface area contributed by atoms with Gasteiger partial charge < -0.3 is 4.79 Å². The number of Topliss-reactive ketones (excluding diaryl/α,β-unsaturated/α-hetero) is 3. The summed E-state index contributed by atoms with van der Waals surface area (Å²) in [4.78, 5) is 32.4. The second-order valence-corrected chi connectivity index (χ2v) is 3.36. The molecule has 0 aromatic heterocycles. The van der Waals surface area contributed by atoms with Crippen molar-refractivity contribution in [3.05, 3.63) is 0 Å². The first-order chi connectivity index (χ1) is 6.59. The molecule has 0 N–H and O–H groups in total. The highest BCUT2D eigenvalue weighted by molar-refractivity contribution is 6.37. The molecule has 1 unspecified atom stereocenters. The fourth-order valence-electron chi connectivity index (χ4n) is 1.53. The molecular formula is C11H18O3. The van der Waals surface area contributed by atoms with Gasteiger partial charge in [0.1, 0.15) is 5.78 Å². The molecule has 0 saturated heterocycles. The molecule has 0 heterocycles. The van der Waals surface area contributed by atoms with Crippen LogP contribution < -0.4 is 0 Å². The largest absolute Gasteiger partial charge is 0.300 e. The normalized spacial score (nSPS) is 21.2. The van der Waals surface area contributed by atoms with Crippen molar-refractivity contribution in [2.75, 3.05) is 0 Å². The predicted molar refractivity (Wildman–Crippen MR) is 54.0 cm³/mol. The number of carbonyl (C=O) groups is 3. The molecule has 3 heteroatoms. The molecule has 14 heavy (non-hydrogen) atoms. The van der Waals surface area contributed by atoms with E-state index in [0.29, 0.717) is 19.3 Å². The lowest BCUT2D eigenvalue weighted by Gasteiger charge is -2.17. The van der Waals surface area contributed by atoms with Gasteiger partial charge in [-0.25, -0.2) is 0 Å². The Balaban J connectivity index is 0.000000791. The van der Waals surface area contributed by atoms with Crippen LogP contribution in [-0.2, 0) is 14.4 Å². The molecular weight excluding hydrogens is 180 g/mol. The number of ketones is 3. The van der Waals surface area contributed by atoms with E-state index in [1.54, 1.807) is 0 Å². The van der Waals surface area contributed by atoms with E-state index >= 15 is 0 Å². The van der Waals surface area contributed by atoms with Crippen LogP contribution in [0.5, 0.6) is 0 Å². The molecule has 1 aliphatic rings. The predicted octanol–water partition coefficient (Wildman–Crippen LogP) is 1.93. The molecule has 80 valence electrons. The lowest BCUT2D eigenvalue weighted by molar-refractivity contribution is -0.139. The Labute approximate surface area is 84.9 Å². The van der Waals surface area contributed by atoms with Crippen LogP contribution >= 0.6 is 0 Å². The van der Waals surface area contributed by atoms with E-state index < -0.39 is 0 Å². The summed E-state index contributed by atoms with van der Waals surface area (Å²) in [5.74, 6) is -0.350. The maximum absolute atomic E-state index is 10.9. The van der Waals surface area contributed by atoms with Gasteiger partial charge in [-0.2, -0.15) is 0 Å². The Morgan fingerprint density at radius 3 is 2.29 bits per heavy atom. The number of carbonyl (C=O) groups excluding carboxylic acids is 3. The molecule has 1 saturated carbocycles. The van der Waals surface area contributed by atoms with Crippen molar-refractivity contribution in [1.82, 2.24) is 0 Å². The van der Waals surface area contributed by atoms with Crippen molar-refractivity contribution in [3.63, 3.8) is 0 Å². The Hall–Kier alpha value is -0.990. The van der Waals surface area contributed by atoms with Crippen LogP contribution in [0.3, 0.4) is 0 Å². The molecule has 1 aliphatic carbocycles. The molecule has 0 spiro atoms. The molecule has 0 aromatic carbocycles. The van der Waals surface area contributed by atoms with Crippen molar-refractivity contribution < 1.29 is 14.4 Å². The van der Waals surface area contributed by atoms with Crippen molar-refractivity contribution in [3.8, 4) is 0 Å². The Morgan fingerprint density at radius 2 is 1.86 bits per heavy atom. The van der Waals surface area contributed by atoms with Gasteiger partial charge in [0.05, 0.1) is 0 Å². The van der Waals surface area contributed by atoms with Crippen molar-refractivity contribution >= 4 is 17.3 Å². The van der Waals surface area contributed by atoms with Gasteiger partial charge in [-0.1, -0.05) is 13.8 Å². The van der Waals surface area contributed by atoms with E-state index in [-0.39, 0.29) is 29.7 Å². The highest BCUT2D eigenvalue weighted by Gasteiger charge is 2.26. The molecule has 1 atom stereocenters. The maximum Gasteiger partial charge on any atom is 0.198 e. The van der Waals surface area contributed by atoms with E-state index in [2.05, 4.69) is 0 Å². The Bertz CT molecular complexity index is 231. The summed E-state index contributed by atoms with van der Waals surface area (Å²) in [5.41, 5.74) is 0. The lowest BCUT2D eigenvalue weighted by Crippen LogP contribution is -2.25. The van der Waals surface area contributed by atoms with Crippen LogP contribution in [0.4, 0.5) is 0 Å². The van der Waals surface area contributed by atoms with Crippen molar-refractivity contribution in [2.45, 2.75) is 46.5 Å². The quantitative estimate of drug-likeness (QED) is 0.637. The molecule has 0 bridgehead atoms. The monoisotopic (exact) mass is 198 g/mol. The summed E-state index contributed by atoms with van der Waals surface area (Å²) in [5, 5.41) is 0. The minimum absolute atomic E-state index is 0.0992. The molecule has 3 nitrogen and oxygen atoms in total. The Kier molecular flexibility index (Phi) is 6.00. The number of rotatable bonds is 2. The second-order valence-electron chi connectivity index (χ2n) is 3.36. The second kappa shape index (κ2) is 6.46. The average Bonchev–Trinajstić information content (AvgIpc) is 2.14. The number of hydrogen-bond acceptors (Lipinski definition) is 3. The summed E-state index contributed by atoms with van der Waals surface area (Å²) in [6.07, 6.45) is 1.75. The zero-order valence-corrected chi connectivity index (χ0v) is 9.13. The van der Waals surface area contributed by atoms with E-state index in [1.165, 1.54) is 6.92 Å². The van der Waals surface area contributed by atoms with E-state index in [1.807, 2.05) is 13.8 Å². The molecule has 0 amide bonds. The molecule has 1 rings (SSSR count). The SMILES string of the molecule is CC.CC(=O)CC1CCC(=O)C(=O)C1. The van der Waals surface area contributed by atoms with Crippen LogP contribution in [0.15, 0.2) is 0 Å². The summed E-state index contributed by atoms with van der Waals surface area (Å²) < 4.78 is 0. The van der Waals surface area contributed by atoms with Gasteiger partial charge in [-0.3, -0.25) is 9.59 Å². The standard InChI is InChI=1S/C9H12O3.C2H6/c1-6(10)4-7-2-3-8(11)9(12)5-7;1-2/h7H,2-5H2,1H3;1-2H3. The van der Waals surface area contributed by atoms with Gasteiger partial charge in [0.25, 0.3) is 0 Å². The molecule has 0 aliphatic heterocycles. The highest BCUT2D eigenvalue weighted by atomic mass is 16.2. The van der Waals surface area contributed by atoms with Crippen LogP contribution in [-0.4, -0.2) is 17.3 Å². The van der Waals surface area contributed by atoms with Gasteiger partial charge >= 0.3 is 0 Å². The van der Waals surface area contributed by atoms with Crippen LogP contribution in [0.2, 0.25) is 0 Å². The third-order valence-corrected chi connectivity index (χ3v) is 2.14. The third kappa shape index (κ3) is 4.30. The highest BCUT2D eigenvalue weighted by Crippen LogP contribution is 2.22. The summed E-state index contributed by atoms with van der Waals surface area (Å²) in [7, 11) is 0. The van der Waals surface area contributed by atoms with Gasteiger partial charge in [0.2, 0.25) is 0 Å². The van der Waals surface area contributed by atoms with E-state index in [0.717, 1.165) is 0 Å². The summed E-state index contributed by atoms with van der Waals surface area (Å²) >= 11 is 0. The average molecular weight is 198 g/mol. The summed E-state index contributed by atoms with van der Waals surface area (Å²) in [6.45, 7) is 5.51. The first-order valence-electron chi connectivity index (χ1n) is 5.15. The zero-order chi connectivity index (χ0) is 11.1. The fraction of sp³-hybridized carbons (Fsp3) is 0.727.